The minimum atomic E-state index is -0.543. The van der Waals surface area contributed by atoms with E-state index >= 15 is 0 Å². The Bertz CT molecular complexity index is 1370. The Kier molecular flexibility index (Phi) is 6.51. The number of aliphatic imine (C=N–C) groups is 1. The van der Waals surface area contributed by atoms with Gasteiger partial charge in [0.1, 0.15) is 23.2 Å². The molecule has 4 rings (SSSR count). The summed E-state index contributed by atoms with van der Waals surface area (Å²) in [6.45, 7) is 2.09. The molecule has 7 heteroatoms. The van der Waals surface area contributed by atoms with E-state index in [2.05, 4.69) is 15.6 Å². The number of hydrogen-bond donors (Lipinski definition) is 2. The summed E-state index contributed by atoms with van der Waals surface area (Å²) in [5.74, 6) is 0.162. The number of fused-ring (bicyclic) bond motifs is 1. The summed E-state index contributed by atoms with van der Waals surface area (Å²) in [7, 11) is 1.58. The summed E-state index contributed by atoms with van der Waals surface area (Å²) < 4.78 is 5.14. The maximum atomic E-state index is 12.9. The average molecular weight is 450 g/mol. The van der Waals surface area contributed by atoms with Crippen LogP contribution in [-0.2, 0) is 11.3 Å². The van der Waals surface area contributed by atoms with Gasteiger partial charge >= 0.3 is 0 Å². The van der Waals surface area contributed by atoms with E-state index in [-0.39, 0.29) is 23.7 Å². The second kappa shape index (κ2) is 9.84. The smallest absolute Gasteiger partial charge is 0.264 e. The molecule has 0 saturated carbocycles. The Balaban J connectivity index is 1.61. The van der Waals surface area contributed by atoms with E-state index in [1.54, 1.807) is 49.6 Å². The van der Waals surface area contributed by atoms with Crippen LogP contribution in [0.2, 0.25) is 0 Å². The summed E-state index contributed by atoms with van der Waals surface area (Å²) in [4.78, 5) is 30.2. The number of amides is 2. The molecule has 34 heavy (non-hydrogen) atoms. The number of amidine groups is 1. The first kappa shape index (κ1) is 22.5. The zero-order valence-electron chi connectivity index (χ0n) is 18.8. The molecule has 7 nitrogen and oxygen atoms in total. The van der Waals surface area contributed by atoms with Crippen LogP contribution in [0.15, 0.2) is 83.4 Å². The summed E-state index contributed by atoms with van der Waals surface area (Å²) in [5.41, 5.74) is 3.58. The van der Waals surface area contributed by atoms with Gasteiger partial charge in [0, 0.05) is 23.2 Å². The molecule has 0 aromatic heterocycles. The molecule has 0 saturated heterocycles. The molecule has 0 fully saturated rings. The van der Waals surface area contributed by atoms with E-state index in [1.807, 2.05) is 43.3 Å². The van der Waals surface area contributed by atoms with Gasteiger partial charge in [-0.2, -0.15) is 5.26 Å². The summed E-state index contributed by atoms with van der Waals surface area (Å²) in [6, 6.07) is 23.7. The highest BCUT2D eigenvalue weighted by Gasteiger charge is 2.27. The lowest BCUT2D eigenvalue weighted by Crippen LogP contribution is -2.30. The van der Waals surface area contributed by atoms with Crippen molar-refractivity contribution in [3.63, 3.8) is 0 Å². The van der Waals surface area contributed by atoms with E-state index < -0.39 is 5.91 Å². The minimum absolute atomic E-state index is 0.124. The zero-order valence-corrected chi connectivity index (χ0v) is 18.8. The molecule has 2 amide bonds. The molecule has 2 N–H and O–H groups in total. The summed E-state index contributed by atoms with van der Waals surface area (Å²) >= 11 is 0. The normalized spacial score (nSPS) is 13.3. The van der Waals surface area contributed by atoms with Gasteiger partial charge in [-0.1, -0.05) is 54.6 Å². The molecule has 3 aromatic rings. The van der Waals surface area contributed by atoms with Crippen molar-refractivity contribution in [2.24, 2.45) is 4.99 Å². The minimum Gasteiger partial charge on any atom is -0.497 e. The third-order valence-corrected chi connectivity index (χ3v) is 5.47. The van der Waals surface area contributed by atoms with Crippen molar-refractivity contribution in [1.29, 1.82) is 5.26 Å². The van der Waals surface area contributed by atoms with Crippen LogP contribution in [0.4, 0.5) is 0 Å². The van der Waals surface area contributed by atoms with Gasteiger partial charge in [0.2, 0.25) is 0 Å². The molecule has 168 valence electrons. The SMILES string of the molecule is COc1ccc(CNC(=O)C(C#N)=C2N=C(NC(=O)c3ccccc3C)c3ccccc32)cc1. The number of carbonyl (C=O) groups is 2. The molecule has 0 aliphatic carbocycles. The van der Waals surface area contributed by atoms with Crippen LogP contribution >= 0.6 is 0 Å². The van der Waals surface area contributed by atoms with E-state index in [0.29, 0.717) is 28.3 Å². The maximum Gasteiger partial charge on any atom is 0.264 e. The lowest BCUT2D eigenvalue weighted by atomic mass is 10.0. The zero-order chi connectivity index (χ0) is 24.1. The second-order valence-corrected chi connectivity index (χ2v) is 7.64. The van der Waals surface area contributed by atoms with Crippen LogP contribution in [0.1, 0.15) is 32.6 Å². The molecule has 1 aliphatic rings. The first-order valence-electron chi connectivity index (χ1n) is 10.6. The van der Waals surface area contributed by atoms with Crippen LogP contribution in [0, 0.1) is 18.3 Å². The van der Waals surface area contributed by atoms with Crippen LogP contribution in [0.25, 0.3) is 5.70 Å². The molecule has 1 heterocycles. The molecule has 0 unspecified atom stereocenters. The predicted molar refractivity (Wildman–Crippen MR) is 129 cm³/mol. The van der Waals surface area contributed by atoms with Crippen LogP contribution < -0.4 is 15.4 Å². The molecule has 0 atom stereocenters. The Morgan fingerprint density at radius 3 is 2.32 bits per heavy atom. The monoisotopic (exact) mass is 450 g/mol. The number of nitriles is 1. The van der Waals surface area contributed by atoms with Crippen molar-refractivity contribution < 1.29 is 14.3 Å². The highest BCUT2D eigenvalue weighted by molar-refractivity contribution is 6.20. The number of aryl methyl sites for hydroxylation is 1. The number of hydrogen-bond acceptors (Lipinski definition) is 5. The van der Waals surface area contributed by atoms with Gasteiger partial charge in [0.25, 0.3) is 11.8 Å². The first-order valence-corrected chi connectivity index (χ1v) is 10.6. The first-order chi connectivity index (χ1) is 16.5. The third-order valence-electron chi connectivity index (χ3n) is 5.47. The number of benzene rings is 3. The summed E-state index contributed by atoms with van der Waals surface area (Å²) in [5, 5.41) is 15.4. The summed E-state index contributed by atoms with van der Waals surface area (Å²) in [6.07, 6.45) is 0. The molecule has 0 spiro atoms. The predicted octanol–water partition coefficient (Wildman–Crippen LogP) is 3.74. The lowest BCUT2D eigenvalue weighted by Gasteiger charge is -2.08. The van der Waals surface area contributed by atoms with Gasteiger partial charge in [-0.15, -0.1) is 0 Å². The van der Waals surface area contributed by atoms with E-state index in [9.17, 15) is 14.9 Å². The number of carbonyl (C=O) groups excluding carboxylic acids is 2. The highest BCUT2D eigenvalue weighted by Crippen LogP contribution is 2.30. The Morgan fingerprint density at radius 2 is 1.65 bits per heavy atom. The van der Waals surface area contributed by atoms with E-state index in [0.717, 1.165) is 11.1 Å². The largest absolute Gasteiger partial charge is 0.497 e. The van der Waals surface area contributed by atoms with Gasteiger partial charge in [-0.05, 0) is 36.2 Å². The van der Waals surface area contributed by atoms with Crippen molar-refractivity contribution in [3.8, 4) is 11.8 Å². The van der Waals surface area contributed by atoms with Gasteiger partial charge in [0.15, 0.2) is 0 Å². The standard InChI is InChI=1S/C27H22N4O3/c1-17-7-3-4-8-20(17)27(33)31-25-22-10-6-5-9-21(22)24(30-25)23(15-28)26(32)29-16-18-11-13-19(34-2)14-12-18/h3-14H,16H2,1-2H3,(H,29,32)(H,30,31,33). The van der Waals surface area contributed by atoms with Gasteiger partial charge in [0.05, 0.1) is 12.8 Å². The molecule has 1 aliphatic heterocycles. The maximum absolute atomic E-state index is 12.9. The van der Waals surface area contributed by atoms with Crippen LogP contribution in [0.3, 0.4) is 0 Å². The van der Waals surface area contributed by atoms with E-state index in [1.165, 1.54) is 0 Å². The fourth-order valence-electron chi connectivity index (χ4n) is 3.64. The molecule has 3 aromatic carbocycles. The Morgan fingerprint density at radius 1 is 0.971 bits per heavy atom. The van der Waals surface area contributed by atoms with Crippen molar-refractivity contribution in [3.05, 3.63) is 106 Å². The quantitative estimate of drug-likeness (QED) is 0.456. The van der Waals surface area contributed by atoms with Crippen LogP contribution in [-0.4, -0.2) is 24.8 Å². The number of nitrogens with zero attached hydrogens (tertiary/aromatic N) is 2. The molecular weight excluding hydrogens is 428 g/mol. The van der Waals surface area contributed by atoms with Gasteiger partial charge < -0.3 is 15.4 Å². The molecular formula is C27H22N4O3. The van der Waals surface area contributed by atoms with Crippen molar-refractivity contribution in [1.82, 2.24) is 10.6 Å². The number of rotatable bonds is 5. The lowest BCUT2D eigenvalue weighted by molar-refractivity contribution is -0.117. The second-order valence-electron chi connectivity index (χ2n) is 7.64. The fraction of sp³-hybridized carbons (Fsp3) is 0.111. The molecule has 0 bridgehead atoms. The van der Waals surface area contributed by atoms with Crippen molar-refractivity contribution >= 4 is 23.3 Å². The van der Waals surface area contributed by atoms with Crippen LogP contribution in [0.5, 0.6) is 5.75 Å². The Labute approximate surface area is 197 Å². The average Bonchev–Trinajstić information content (AvgIpc) is 3.21. The third kappa shape index (κ3) is 4.57. The van der Waals surface area contributed by atoms with E-state index in [4.69, 9.17) is 4.74 Å². The number of nitrogens with one attached hydrogen (secondary N) is 2. The Hall–Kier alpha value is -4.70. The highest BCUT2D eigenvalue weighted by atomic mass is 16.5. The van der Waals surface area contributed by atoms with Crippen molar-refractivity contribution in [2.75, 3.05) is 7.11 Å². The van der Waals surface area contributed by atoms with Gasteiger partial charge in [-0.3, -0.25) is 9.59 Å². The van der Waals surface area contributed by atoms with Gasteiger partial charge in [-0.25, -0.2) is 4.99 Å². The fourth-order valence-corrected chi connectivity index (χ4v) is 3.64. The topological polar surface area (TPSA) is 104 Å². The number of methoxy groups -OCH3 is 1. The molecule has 0 radical (unpaired) electrons. The number of ether oxygens (including phenoxy) is 1. The van der Waals surface area contributed by atoms with Crippen molar-refractivity contribution in [2.45, 2.75) is 13.5 Å².